The van der Waals surface area contributed by atoms with E-state index in [9.17, 15) is 0 Å². The van der Waals surface area contributed by atoms with E-state index in [1.807, 2.05) is 0 Å². The Bertz CT molecular complexity index is 266. The van der Waals surface area contributed by atoms with Crippen LogP contribution in [0.3, 0.4) is 0 Å². The fourth-order valence-electron chi connectivity index (χ4n) is 4.33. The molecule has 2 heteroatoms. The van der Waals surface area contributed by atoms with Gasteiger partial charge in [-0.3, -0.25) is 4.90 Å². The fraction of sp³-hybridized carbons (Fsp3) is 1.00. The Morgan fingerprint density at radius 3 is 2.37 bits per heavy atom. The number of piperidine rings is 1. The van der Waals surface area contributed by atoms with Gasteiger partial charge in [-0.2, -0.15) is 0 Å². The van der Waals surface area contributed by atoms with Gasteiger partial charge in [0.1, 0.15) is 0 Å². The van der Waals surface area contributed by atoms with Gasteiger partial charge in [0.2, 0.25) is 0 Å². The van der Waals surface area contributed by atoms with Gasteiger partial charge in [0, 0.05) is 12.1 Å². The van der Waals surface area contributed by atoms with Crippen molar-refractivity contribution in [3.63, 3.8) is 0 Å². The molecule has 2 nitrogen and oxygen atoms in total. The predicted molar refractivity (Wildman–Crippen MR) is 83.5 cm³/mol. The Morgan fingerprint density at radius 2 is 1.79 bits per heavy atom. The summed E-state index contributed by atoms with van der Waals surface area (Å²) in [6.45, 7) is 13.3. The van der Waals surface area contributed by atoms with Crippen molar-refractivity contribution in [3.05, 3.63) is 0 Å². The average Bonchev–Trinajstić information content (AvgIpc) is 2.41. The van der Waals surface area contributed by atoms with Crippen LogP contribution in [0.25, 0.3) is 0 Å². The lowest BCUT2D eigenvalue weighted by molar-refractivity contribution is 0.0288. The summed E-state index contributed by atoms with van der Waals surface area (Å²) in [5.41, 5.74) is 0.459. The van der Waals surface area contributed by atoms with Gasteiger partial charge in [0.15, 0.2) is 0 Å². The third-order valence-electron chi connectivity index (χ3n) is 5.67. The lowest BCUT2D eigenvalue weighted by atomic mass is 9.70. The molecule has 112 valence electrons. The second-order valence-corrected chi connectivity index (χ2v) is 7.37. The number of hydrogen-bond acceptors (Lipinski definition) is 2. The number of nitrogens with zero attached hydrogens (tertiary/aromatic N) is 1. The van der Waals surface area contributed by atoms with Gasteiger partial charge in [-0.25, -0.2) is 0 Å². The lowest BCUT2D eigenvalue weighted by Gasteiger charge is -2.50. The molecule has 0 radical (unpaired) electrons. The van der Waals surface area contributed by atoms with Crippen LogP contribution in [0.15, 0.2) is 0 Å². The molecule has 19 heavy (non-hydrogen) atoms. The Morgan fingerprint density at radius 1 is 1.11 bits per heavy atom. The van der Waals surface area contributed by atoms with Gasteiger partial charge in [-0.05, 0) is 56.7 Å². The van der Waals surface area contributed by atoms with Crippen molar-refractivity contribution >= 4 is 0 Å². The summed E-state index contributed by atoms with van der Waals surface area (Å²) < 4.78 is 0. The summed E-state index contributed by atoms with van der Waals surface area (Å²) in [4.78, 5) is 2.81. The Kier molecular flexibility index (Phi) is 5.30. The maximum atomic E-state index is 3.81. The molecule has 2 unspecified atom stereocenters. The lowest BCUT2D eigenvalue weighted by Crippen LogP contribution is -2.60. The highest BCUT2D eigenvalue weighted by Crippen LogP contribution is 2.39. The third-order valence-corrected chi connectivity index (χ3v) is 5.67. The standard InChI is InChI=1S/C17H34N2/c1-5-14-9-12-19(13-10-14)15-8-7-11-17(3,4)16(15)18-6-2/h14-16,18H,5-13H2,1-4H3. The zero-order valence-electron chi connectivity index (χ0n) is 13.5. The zero-order valence-corrected chi connectivity index (χ0v) is 13.5. The van der Waals surface area contributed by atoms with Crippen LogP contribution in [0.1, 0.15) is 66.2 Å². The first-order valence-corrected chi connectivity index (χ1v) is 8.56. The molecule has 1 aliphatic heterocycles. The normalized spacial score (nSPS) is 33.5. The van der Waals surface area contributed by atoms with E-state index in [1.165, 1.54) is 51.6 Å². The van der Waals surface area contributed by atoms with Gasteiger partial charge in [0.25, 0.3) is 0 Å². The SMILES string of the molecule is CCNC1C(N2CCC(CC)CC2)CCCC1(C)C. The molecule has 1 heterocycles. The highest BCUT2D eigenvalue weighted by atomic mass is 15.2. The third kappa shape index (κ3) is 3.52. The van der Waals surface area contributed by atoms with E-state index in [0.717, 1.165) is 18.5 Å². The van der Waals surface area contributed by atoms with Crippen molar-refractivity contribution in [2.24, 2.45) is 11.3 Å². The van der Waals surface area contributed by atoms with E-state index >= 15 is 0 Å². The van der Waals surface area contributed by atoms with Gasteiger partial charge in [0.05, 0.1) is 0 Å². The van der Waals surface area contributed by atoms with Crippen LogP contribution in [0.4, 0.5) is 0 Å². The van der Waals surface area contributed by atoms with Gasteiger partial charge < -0.3 is 5.32 Å². The quantitative estimate of drug-likeness (QED) is 0.835. The minimum atomic E-state index is 0.459. The molecule has 1 saturated carbocycles. The van der Waals surface area contributed by atoms with Gasteiger partial charge in [-0.1, -0.05) is 40.5 Å². The van der Waals surface area contributed by atoms with E-state index in [4.69, 9.17) is 0 Å². The fourth-order valence-corrected chi connectivity index (χ4v) is 4.33. The Balaban J connectivity index is 2.00. The van der Waals surface area contributed by atoms with E-state index in [0.29, 0.717) is 11.5 Å². The van der Waals surface area contributed by atoms with Crippen LogP contribution >= 0.6 is 0 Å². The van der Waals surface area contributed by atoms with Crippen molar-refractivity contribution in [3.8, 4) is 0 Å². The van der Waals surface area contributed by atoms with Crippen LogP contribution in [-0.4, -0.2) is 36.6 Å². The number of nitrogens with one attached hydrogen (secondary N) is 1. The number of likely N-dealkylation sites (tertiary alicyclic amines) is 1. The summed E-state index contributed by atoms with van der Waals surface area (Å²) in [5, 5.41) is 3.81. The zero-order chi connectivity index (χ0) is 13.9. The maximum absolute atomic E-state index is 3.81. The van der Waals surface area contributed by atoms with Crippen molar-refractivity contribution in [1.29, 1.82) is 0 Å². The minimum absolute atomic E-state index is 0.459. The van der Waals surface area contributed by atoms with Crippen LogP contribution in [0, 0.1) is 11.3 Å². The molecule has 2 aliphatic rings. The first-order chi connectivity index (χ1) is 9.08. The number of likely N-dealkylation sites (N-methyl/N-ethyl adjacent to an activating group) is 1. The molecule has 0 bridgehead atoms. The molecule has 1 saturated heterocycles. The monoisotopic (exact) mass is 266 g/mol. The van der Waals surface area contributed by atoms with Crippen LogP contribution in [-0.2, 0) is 0 Å². The summed E-state index contributed by atoms with van der Waals surface area (Å²) in [7, 11) is 0. The highest BCUT2D eigenvalue weighted by molar-refractivity contribution is 4.98. The predicted octanol–water partition coefficient (Wildman–Crippen LogP) is 3.67. The summed E-state index contributed by atoms with van der Waals surface area (Å²) >= 11 is 0. The van der Waals surface area contributed by atoms with E-state index in [2.05, 4.69) is 37.9 Å². The molecule has 1 aliphatic carbocycles. The molecule has 1 N–H and O–H groups in total. The Labute approximate surface area is 120 Å². The molecule has 0 aromatic carbocycles. The van der Waals surface area contributed by atoms with Crippen molar-refractivity contribution in [2.45, 2.75) is 78.3 Å². The van der Waals surface area contributed by atoms with Crippen molar-refractivity contribution in [1.82, 2.24) is 10.2 Å². The molecule has 0 amide bonds. The summed E-state index contributed by atoms with van der Waals surface area (Å²) in [6, 6.07) is 1.46. The molecule has 0 aromatic heterocycles. The number of hydrogen-bond donors (Lipinski definition) is 1. The topological polar surface area (TPSA) is 15.3 Å². The second-order valence-electron chi connectivity index (χ2n) is 7.37. The second kappa shape index (κ2) is 6.58. The van der Waals surface area contributed by atoms with E-state index in [1.54, 1.807) is 0 Å². The first-order valence-electron chi connectivity index (χ1n) is 8.56. The maximum Gasteiger partial charge on any atom is 0.0274 e. The van der Waals surface area contributed by atoms with Gasteiger partial charge in [-0.15, -0.1) is 0 Å². The summed E-state index contributed by atoms with van der Waals surface area (Å²) in [5.74, 6) is 0.991. The minimum Gasteiger partial charge on any atom is -0.312 e. The molecule has 2 rings (SSSR count). The van der Waals surface area contributed by atoms with Crippen molar-refractivity contribution in [2.75, 3.05) is 19.6 Å². The molecular weight excluding hydrogens is 232 g/mol. The molecule has 0 aromatic rings. The molecule has 2 fully saturated rings. The Hall–Kier alpha value is -0.0800. The van der Waals surface area contributed by atoms with Gasteiger partial charge >= 0.3 is 0 Å². The molecule has 0 spiro atoms. The number of rotatable bonds is 4. The van der Waals surface area contributed by atoms with Crippen LogP contribution in [0.2, 0.25) is 0 Å². The highest BCUT2D eigenvalue weighted by Gasteiger charge is 2.41. The molecule has 2 atom stereocenters. The van der Waals surface area contributed by atoms with E-state index < -0.39 is 0 Å². The molecular formula is C17H34N2. The summed E-state index contributed by atoms with van der Waals surface area (Å²) in [6.07, 6.45) is 8.41. The largest absolute Gasteiger partial charge is 0.312 e. The van der Waals surface area contributed by atoms with Crippen LogP contribution in [0.5, 0.6) is 0 Å². The van der Waals surface area contributed by atoms with Crippen molar-refractivity contribution < 1.29 is 0 Å². The van der Waals surface area contributed by atoms with E-state index in [-0.39, 0.29) is 0 Å². The first kappa shape index (κ1) is 15.3. The smallest absolute Gasteiger partial charge is 0.0274 e. The average molecular weight is 266 g/mol. The van der Waals surface area contributed by atoms with Crippen LogP contribution < -0.4 is 5.32 Å².